The van der Waals surface area contributed by atoms with Gasteiger partial charge in [-0.2, -0.15) is 5.10 Å². The maximum Gasteiger partial charge on any atom is 0.407 e. The molecule has 1 atom stereocenters. The van der Waals surface area contributed by atoms with Crippen LogP contribution in [0.3, 0.4) is 0 Å². The smallest absolute Gasteiger partial charge is 0.407 e. The molecule has 1 heterocycles. The average Bonchev–Trinajstić information content (AvgIpc) is 2.79. The minimum atomic E-state index is -0.623. The van der Waals surface area contributed by atoms with Crippen LogP contribution in [0.15, 0.2) is 18.5 Å². The minimum absolute atomic E-state index is 0.0501. The topological polar surface area (TPSA) is 73.2 Å². The van der Waals surface area contributed by atoms with Gasteiger partial charge in [-0.15, -0.1) is 0 Å². The molecule has 6 heteroatoms. The number of hydrogen-bond donors (Lipinski definition) is 1. The Morgan fingerprint density at radius 3 is 2.65 bits per heavy atom. The molecular formula is C11H17N3O3. The van der Waals surface area contributed by atoms with E-state index in [-0.39, 0.29) is 11.7 Å². The van der Waals surface area contributed by atoms with E-state index in [2.05, 4.69) is 15.2 Å². The fourth-order valence-corrected chi connectivity index (χ4v) is 1.41. The Morgan fingerprint density at radius 2 is 2.18 bits per heavy atom. The molecule has 1 N–H and O–H groups in total. The highest BCUT2D eigenvalue weighted by molar-refractivity contribution is 5.88. The lowest BCUT2D eigenvalue weighted by Crippen LogP contribution is -2.45. The Balaban J connectivity index is 2.71. The zero-order chi connectivity index (χ0) is 12.8. The third-order valence-corrected chi connectivity index (χ3v) is 2.32. The van der Waals surface area contributed by atoms with Crippen LogP contribution in [0.5, 0.6) is 0 Å². The third-order valence-electron chi connectivity index (χ3n) is 2.32. The Kier molecular flexibility index (Phi) is 4.68. The molecule has 1 aromatic rings. The van der Waals surface area contributed by atoms with E-state index >= 15 is 0 Å². The van der Waals surface area contributed by atoms with Gasteiger partial charge in [-0.05, 0) is 6.07 Å². The molecule has 0 aliphatic rings. The lowest BCUT2D eigenvalue weighted by atomic mass is 10.0. The number of carbonyl (C=O) groups excluding carboxylic acids is 2. The Labute approximate surface area is 99.9 Å². The van der Waals surface area contributed by atoms with Crippen molar-refractivity contribution >= 4 is 11.9 Å². The summed E-state index contributed by atoms with van der Waals surface area (Å²) in [5.41, 5.74) is 0. The summed E-state index contributed by atoms with van der Waals surface area (Å²) in [6.07, 6.45) is 2.74. The van der Waals surface area contributed by atoms with Crippen LogP contribution in [0.2, 0.25) is 0 Å². The minimum Gasteiger partial charge on any atom is -0.453 e. The molecule has 0 unspecified atom stereocenters. The largest absolute Gasteiger partial charge is 0.453 e. The van der Waals surface area contributed by atoms with Gasteiger partial charge in [-0.25, -0.2) is 4.79 Å². The number of nitrogens with zero attached hydrogens (tertiary/aromatic N) is 2. The predicted octanol–water partition coefficient (Wildman–Crippen LogP) is 0.833. The first-order chi connectivity index (χ1) is 8.04. The summed E-state index contributed by atoms with van der Waals surface area (Å²) in [7, 11) is 1.26. The fourth-order valence-electron chi connectivity index (χ4n) is 1.41. The van der Waals surface area contributed by atoms with Crippen molar-refractivity contribution in [2.24, 2.45) is 5.92 Å². The molecule has 94 valence electrons. The van der Waals surface area contributed by atoms with E-state index in [4.69, 9.17) is 0 Å². The predicted molar refractivity (Wildman–Crippen MR) is 61.4 cm³/mol. The van der Waals surface area contributed by atoms with Crippen molar-refractivity contribution < 1.29 is 14.3 Å². The van der Waals surface area contributed by atoms with Crippen molar-refractivity contribution in [3.8, 4) is 0 Å². The Bertz CT molecular complexity index is 373. The lowest BCUT2D eigenvalue weighted by molar-refractivity contribution is -0.124. The van der Waals surface area contributed by atoms with Crippen LogP contribution in [-0.4, -0.2) is 34.8 Å². The zero-order valence-electron chi connectivity index (χ0n) is 10.2. The van der Waals surface area contributed by atoms with Gasteiger partial charge in [0.1, 0.15) is 6.04 Å². The van der Waals surface area contributed by atoms with Crippen LogP contribution in [-0.2, 0) is 16.1 Å². The quantitative estimate of drug-likeness (QED) is 0.826. The van der Waals surface area contributed by atoms with E-state index in [0.29, 0.717) is 6.54 Å². The van der Waals surface area contributed by atoms with Crippen molar-refractivity contribution in [3.05, 3.63) is 18.5 Å². The van der Waals surface area contributed by atoms with E-state index in [1.54, 1.807) is 37.0 Å². The van der Waals surface area contributed by atoms with Crippen LogP contribution in [0.25, 0.3) is 0 Å². The second kappa shape index (κ2) is 6.03. The number of nitrogens with one attached hydrogen (secondary N) is 1. The SMILES string of the molecule is COC(=O)N[C@@H](Cn1cccn1)C(=O)C(C)C. The number of amides is 1. The lowest BCUT2D eigenvalue weighted by Gasteiger charge is -2.18. The van der Waals surface area contributed by atoms with E-state index < -0.39 is 12.1 Å². The molecule has 0 aliphatic heterocycles. The van der Waals surface area contributed by atoms with Gasteiger partial charge in [0, 0.05) is 18.3 Å². The number of ketones is 1. The van der Waals surface area contributed by atoms with E-state index in [0.717, 1.165) is 0 Å². The molecule has 1 amide bonds. The maximum atomic E-state index is 11.9. The van der Waals surface area contributed by atoms with E-state index in [1.807, 2.05) is 0 Å². The molecular weight excluding hydrogens is 222 g/mol. The second-order valence-electron chi connectivity index (χ2n) is 3.97. The molecule has 0 saturated heterocycles. The number of rotatable bonds is 5. The van der Waals surface area contributed by atoms with Crippen molar-refractivity contribution in [2.45, 2.75) is 26.4 Å². The first-order valence-electron chi connectivity index (χ1n) is 5.40. The van der Waals surface area contributed by atoms with E-state index in [1.165, 1.54) is 7.11 Å². The Morgan fingerprint density at radius 1 is 1.47 bits per heavy atom. The number of methoxy groups -OCH3 is 1. The highest BCUT2D eigenvalue weighted by atomic mass is 16.5. The zero-order valence-corrected chi connectivity index (χ0v) is 10.2. The number of ether oxygens (including phenoxy) is 1. The molecule has 1 rings (SSSR count). The van der Waals surface area contributed by atoms with Gasteiger partial charge in [0.25, 0.3) is 0 Å². The normalized spacial score (nSPS) is 12.2. The first-order valence-corrected chi connectivity index (χ1v) is 5.40. The molecule has 6 nitrogen and oxygen atoms in total. The summed E-state index contributed by atoms with van der Waals surface area (Å²) in [4.78, 5) is 23.1. The van der Waals surface area contributed by atoms with Crippen molar-refractivity contribution in [3.63, 3.8) is 0 Å². The number of carbonyl (C=O) groups is 2. The van der Waals surface area contributed by atoms with Crippen molar-refractivity contribution in [2.75, 3.05) is 7.11 Å². The van der Waals surface area contributed by atoms with Gasteiger partial charge >= 0.3 is 6.09 Å². The van der Waals surface area contributed by atoms with Crippen LogP contribution < -0.4 is 5.32 Å². The molecule has 0 aromatic carbocycles. The molecule has 0 saturated carbocycles. The highest BCUT2D eigenvalue weighted by Crippen LogP contribution is 2.03. The number of alkyl carbamates (subject to hydrolysis) is 1. The van der Waals surface area contributed by atoms with Crippen LogP contribution in [0, 0.1) is 5.92 Å². The van der Waals surface area contributed by atoms with Gasteiger partial charge in [-0.1, -0.05) is 13.8 Å². The summed E-state index contributed by atoms with van der Waals surface area (Å²) in [6, 6.07) is 1.14. The Hall–Kier alpha value is -1.85. The summed E-state index contributed by atoms with van der Waals surface area (Å²) < 4.78 is 6.10. The summed E-state index contributed by atoms with van der Waals surface area (Å²) >= 11 is 0. The summed E-state index contributed by atoms with van der Waals surface area (Å²) in [5.74, 6) is -0.210. The standard InChI is InChI=1S/C11H17N3O3/c1-8(2)10(15)9(13-11(16)17-3)7-14-6-4-5-12-14/h4-6,8-9H,7H2,1-3H3,(H,13,16)/t9-/m0/s1. The molecule has 1 aromatic heterocycles. The first kappa shape index (κ1) is 13.2. The van der Waals surface area contributed by atoms with Crippen LogP contribution >= 0.6 is 0 Å². The molecule has 0 fully saturated rings. The molecule has 17 heavy (non-hydrogen) atoms. The highest BCUT2D eigenvalue weighted by Gasteiger charge is 2.23. The third kappa shape index (κ3) is 3.90. The van der Waals surface area contributed by atoms with Gasteiger partial charge < -0.3 is 10.1 Å². The van der Waals surface area contributed by atoms with E-state index in [9.17, 15) is 9.59 Å². The fraction of sp³-hybridized carbons (Fsp3) is 0.545. The maximum absolute atomic E-state index is 11.9. The van der Waals surface area contributed by atoms with Crippen molar-refractivity contribution in [1.29, 1.82) is 0 Å². The molecule has 0 bridgehead atoms. The van der Waals surface area contributed by atoms with Gasteiger partial charge in [0.15, 0.2) is 5.78 Å². The molecule has 0 aliphatic carbocycles. The molecule has 0 radical (unpaired) electrons. The molecule has 0 spiro atoms. The van der Waals surface area contributed by atoms with Crippen LogP contribution in [0.1, 0.15) is 13.8 Å². The second-order valence-corrected chi connectivity index (χ2v) is 3.97. The summed E-state index contributed by atoms with van der Waals surface area (Å²) in [5, 5.41) is 6.52. The number of aromatic nitrogens is 2. The summed E-state index contributed by atoms with van der Waals surface area (Å²) in [6.45, 7) is 3.88. The number of hydrogen-bond acceptors (Lipinski definition) is 4. The van der Waals surface area contributed by atoms with Crippen molar-refractivity contribution in [1.82, 2.24) is 15.1 Å². The van der Waals surface area contributed by atoms with Crippen LogP contribution in [0.4, 0.5) is 4.79 Å². The van der Waals surface area contributed by atoms with Gasteiger partial charge in [-0.3, -0.25) is 9.48 Å². The average molecular weight is 239 g/mol. The monoisotopic (exact) mass is 239 g/mol. The number of Topliss-reactive ketones (excluding diaryl/α,β-unsaturated/α-hetero) is 1. The van der Waals surface area contributed by atoms with Gasteiger partial charge in [0.05, 0.1) is 13.7 Å². The van der Waals surface area contributed by atoms with Gasteiger partial charge in [0.2, 0.25) is 0 Å².